The number of nitriles is 1. The van der Waals surface area contributed by atoms with Crippen molar-refractivity contribution in [3.8, 4) is 6.07 Å². The minimum atomic E-state index is -0.471. The largest absolute Gasteiger partial charge is 0.205 e. The van der Waals surface area contributed by atoms with Gasteiger partial charge in [-0.2, -0.15) is 5.26 Å². The minimum absolute atomic E-state index is 0.0676. The van der Waals surface area contributed by atoms with Crippen LogP contribution in [0.25, 0.3) is 6.08 Å². The molecule has 72 valence electrons. The number of allylic oxidation sites excluding steroid dienone is 1. The molecule has 3 heteroatoms. The zero-order valence-electron chi connectivity index (χ0n) is 7.50. The van der Waals surface area contributed by atoms with Crippen LogP contribution in [0.3, 0.4) is 0 Å². The lowest BCUT2D eigenvalue weighted by Crippen LogP contribution is -1.87. The highest BCUT2D eigenvalue weighted by atomic mass is 35.5. The third-order valence-corrected chi connectivity index (χ3v) is 1.94. The second kappa shape index (κ2) is 5.41. The molecule has 14 heavy (non-hydrogen) atoms. The maximum atomic E-state index is 13.4. The fourth-order valence-electron chi connectivity index (χ4n) is 1.04. The van der Waals surface area contributed by atoms with Gasteiger partial charge in [0, 0.05) is 11.4 Å². The highest BCUT2D eigenvalue weighted by Crippen LogP contribution is 2.13. The summed E-state index contributed by atoms with van der Waals surface area (Å²) in [6, 6.07) is 6.52. The summed E-state index contributed by atoms with van der Waals surface area (Å²) < 4.78 is 13.4. The quantitative estimate of drug-likeness (QED) is 0.701. The van der Waals surface area contributed by atoms with Crippen LogP contribution in [0.15, 0.2) is 24.3 Å². The van der Waals surface area contributed by atoms with Crippen molar-refractivity contribution in [3.63, 3.8) is 0 Å². The predicted octanol–water partition coefficient (Wildman–Crippen LogP) is 3.34. The average Bonchev–Trinajstić information content (AvgIpc) is 2.21. The lowest BCUT2D eigenvalue weighted by atomic mass is 10.1. The van der Waals surface area contributed by atoms with E-state index in [1.807, 2.05) is 0 Å². The normalized spacial score (nSPS) is 10.4. The van der Waals surface area contributed by atoms with Gasteiger partial charge in [-0.05, 0) is 12.5 Å². The van der Waals surface area contributed by atoms with Gasteiger partial charge in [0.15, 0.2) is 0 Å². The minimum Gasteiger partial charge on any atom is -0.205 e. The van der Waals surface area contributed by atoms with E-state index < -0.39 is 5.82 Å². The fourth-order valence-corrected chi connectivity index (χ4v) is 1.16. The van der Waals surface area contributed by atoms with E-state index in [0.717, 1.165) is 0 Å². The second-order valence-corrected chi connectivity index (χ2v) is 3.08. The van der Waals surface area contributed by atoms with E-state index in [1.54, 1.807) is 30.4 Å². The van der Waals surface area contributed by atoms with Crippen molar-refractivity contribution in [1.82, 2.24) is 0 Å². The van der Waals surface area contributed by atoms with Crippen LogP contribution in [-0.2, 0) is 0 Å². The van der Waals surface area contributed by atoms with E-state index >= 15 is 0 Å². The zero-order chi connectivity index (χ0) is 10.4. The summed E-state index contributed by atoms with van der Waals surface area (Å²) in [7, 11) is 0. The number of hydrogen-bond acceptors (Lipinski definition) is 1. The Labute approximate surface area is 87.4 Å². The Morgan fingerprint density at radius 1 is 1.50 bits per heavy atom. The van der Waals surface area contributed by atoms with Gasteiger partial charge in [-0.25, -0.2) is 4.39 Å². The van der Waals surface area contributed by atoms with Crippen molar-refractivity contribution in [3.05, 3.63) is 41.2 Å². The first-order valence-electron chi connectivity index (χ1n) is 4.20. The van der Waals surface area contributed by atoms with Gasteiger partial charge in [0.05, 0.1) is 5.56 Å². The first-order chi connectivity index (χ1) is 6.79. The number of rotatable bonds is 3. The molecule has 0 spiro atoms. The lowest BCUT2D eigenvalue weighted by molar-refractivity contribution is 0.621. The molecule has 1 aromatic carbocycles. The van der Waals surface area contributed by atoms with Crippen molar-refractivity contribution < 1.29 is 4.39 Å². The molecule has 1 nitrogen and oxygen atoms in total. The number of alkyl halides is 1. The van der Waals surface area contributed by atoms with Crippen molar-refractivity contribution in [2.45, 2.75) is 6.42 Å². The Bertz CT molecular complexity index is 379. The van der Waals surface area contributed by atoms with Crippen LogP contribution >= 0.6 is 11.6 Å². The monoisotopic (exact) mass is 209 g/mol. The number of halogens is 2. The van der Waals surface area contributed by atoms with E-state index in [9.17, 15) is 4.39 Å². The molecule has 0 aliphatic heterocycles. The molecule has 0 unspecified atom stereocenters. The Kier molecular flexibility index (Phi) is 4.15. The molecule has 0 amide bonds. The van der Waals surface area contributed by atoms with E-state index in [1.165, 1.54) is 6.07 Å². The van der Waals surface area contributed by atoms with Gasteiger partial charge in [-0.3, -0.25) is 0 Å². The molecule has 0 aromatic heterocycles. The first-order valence-corrected chi connectivity index (χ1v) is 4.74. The molecule has 0 saturated heterocycles. The third kappa shape index (κ3) is 2.58. The van der Waals surface area contributed by atoms with Crippen LogP contribution < -0.4 is 0 Å². The van der Waals surface area contributed by atoms with Gasteiger partial charge in [0.1, 0.15) is 11.9 Å². The summed E-state index contributed by atoms with van der Waals surface area (Å²) in [5.74, 6) is 0.0385. The molecule has 0 bridgehead atoms. The lowest BCUT2D eigenvalue weighted by Gasteiger charge is -1.97. The summed E-state index contributed by atoms with van der Waals surface area (Å²) in [5, 5.41) is 8.58. The van der Waals surface area contributed by atoms with E-state index in [2.05, 4.69) is 0 Å². The van der Waals surface area contributed by atoms with Gasteiger partial charge in [-0.15, -0.1) is 11.6 Å². The van der Waals surface area contributed by atoms with E-state index in [0.29, 0.717) is 17.9 Å². The molecule has 0 fully saturated rings. The van der Waals surface area contributed by atoms with Gasteiger partial charge in [0.25, 0.3) is 0 Å². The Morgan fingerprint density at radius 3 is 2.93 bits per heavy atom. The van der Waals surface area contributed by atoms with Crippen LogP contribution in [0.4, 0.5) is 4.39 Å². The SMILES string of the molecule is N#Cc1cccc(C=CCCCl)c1F. The van der Waals surface area contributed by atoms with Gasteiger partial charge in [0.2, 0.25) is 0 Å². The van der Waals surface area contributed by atoms with Gasteiger partial charge < -0.3 is 0 Å². The van der Waals surface area contributed by atoms with Crippen molar-refractivity contribution in [2.24, 2.45) is 0 Å². The molecule has 0 aliphatic carbocycles. The van der Waals surface area contributed by atoms with Crippen LogP contribution in [0.1, 0.15) is 17.5 Å². The summed E-state index contributed by atoms with van der Waals surface area (Å²) in [6.07, 6.45) is 4.11. The molecule has 1 rings (SSSR count). The summed E-state index contributed by atoms with van der Waals surface area (Å²) >= 11 is 5.47. The molecular weight excluding hydrogens is 201 g/mol. The second-order valence-electron chi connectivity index (χ2n) is 2.70. The zero-order valence-corrected chi connectivity index (χ0v) is 8.26. The molecular formula is C11H9ClFN. The number of benzene rings is 1. The first kappa shape index (κ1) is 10.7. The van der Waals surface area contributed by atoms with Crippen LogP contribution in [0.5, 0.6) is 0 Å². The molecule has 0 radical (unpaired) electrons. The van der Waals surface area contributed by atoms with Gasteiger partial charge in [-0.1, -0.05) is 24.3 Å². The maximum absolute atomic E-state index is 13.4. The van der Waals surface area contributed by atoms with Crippen molar-refractivity contribution in [2.75, 3.05) is 5.88 Å². The number of hydrogen-bond donors (Lipinski definition) is 0. The maximum Gasteiger partial charge on any atom is 0.148 e. The standard InChI is InChI=1S/C11H9ClFN/c12-7-2-1-4-9-5-3-6-10(8-14)11(9)13/h1,3-6H,2,7H2. The molecule has 0 atom stereocenters. The Morgan fingerprint density at radius 2 is 2.29 bits per heavy atom. The summed E-state index contributed by atoms with van der Waals surface area (Å²) in [4.78, 5) is 0. The molecule has 1 aromatic rings. The average molecular weight is 210 g/mol. The molecule has 0 saturated carbocycles. The smallest absolute Gasteiger partial charge is 0.148 e. The van der Waals surface area contributed by atoms with Crippen LogP contribution in [0, 0.1) is 17.1 Å². The summed E-state index contributed by atoms with van der Waals surface area (Å²) in [6.45, 7) is 0. The fraction of sp³-hybridized carbons (Fsp3) is 0.182. The van der Waals surface area contributed by atoms with E-state index in [4.69, 9.17) is 16.9 Å². The third-order valence-electron chi connectivity index (χ3n) is 1.72. The highest BCUT2D eigenvalue weighted by molar-refractivity contribution is 6.17. The summed E-state index contributed by atoms with van der Waals surface area (Å²) in [5.41, 5.74) is 0.493. The molecule has 0 heterocycles. The number of nitrogens with zero attached hydrogens (tertiary/aromatic N) is 1. The van der Waals surface area contributed by atoms with Crippen LogP contribution in [0.2, 0.25) is 0 Å². The highest BCUT2D eigenvalue weighted by Gasteiger charge is 2.03. The van der Waals surface area contributed by atoms with Crippen LogP contribution in [-0.4, -0.2) is 5.88 Å². The van der Waals surface area contributed by atoms with E-state index in [-0.39, 0.29) is 5.56 Å². The van der Waals surface area contributed by atoms with Crippen molar-refractivity contribution in [1.29, 1.82) is 5.26 Å². The van der Waals surface area contributed by atoms with Crippen molar-refractivity contribution >= 4 is 17.7 Å². The Balaban J connectivity index is 2.94. The molecule has 0 aliphatic rings. The Hall–Kier alpha value is -1.33. The van der Waals surface area contributed by atoms with Gasteiger partial charge >= 0.3 is 0 Å². The topological polar surface area (TPSA) is 23.8 Å². The molecule has 0 N–H and O–H groups in total. The predicted molar refractivity (Wildman–Crippen MR) is 55.5 cm³/mol.